The molecule has 0 bridgehead atoms. The molecule has 0 amide bonds. The Morgan fingerprint density at radius 1 is 1.17 bits per heavy atom. The number of ether oxygens (including phenoxy) is 2. The van der Waals surface area contributed by atoms with Gasteiger partial charge in [-0.15, -0.1) is 0 Å². The van der Waals surface area contributed by atoms with Gasteiger partial charge < -0.3 is 9.47 Å². The molecule has 0 radical (unpaired) electrons. The summed E-state index contributed by atoms with van der Waals surface area (Å²) in [4.78, 5) is 13.9. The maximum Gasteiger partial charge on any atom is 0.331 e. The molecule has 18 heavy (non-hydrogen) atoms. The molecule has 1 heterocycles. The average Bonchev–Trinajstić information content (AvgIpc) is 2.26. The Bertz CT molecular complexity index is 309. The Labute approximate surface area is 110 Å². The van der Waals surface area contributed by atoms with E-state index in [0.717, 1.165) is 26.3 Å². The van der Waals surface area contributed by atoms with Crippen LogP contribution in [0.4, 0.5) is 0 Å². The summed E-state index contributed by atoms with van der Waals surface area (Å²) < 4.78 is 10.6. The zero-order chi connectivity index (χ0) is 13.8. The van der Waals surface area contributed by atoms with Crippen LogP contribution in [-0.4, -0.2) is 48.3 Å². The fraction of sp³-hybridized carbons (Fsp3) is 0.786. The van der Waals surface area contributed by atoms with Gasteiger partial charge in [0.2, 0.25) is 0 Å². The van der Waals surface area contributed by atoms with Crippen molar-refractivity contribution in [2.75, 3.05) is 26.3 Å². The van der Waals surface area contributed by atoms with E-state index in [-0.39, 0.29) is 11.5 Å². The van der Waals surface area contributed by atoms with Crippen molar-refractivity contribution in [3.05, 3.63) is 12.2 Å². The first-order chi connectivity index (χ1) is 8.21. The minimum atomic E-state index is -0.440. The molecule has 0 saturated carbocycles. The summed E-state index contributed by atoms with van der Waals surface area (Å²) >= 11 is 0. The van der Waals surface area contributed by atoms with Crippen LogP contribution >= 0.6 is 0 Å². The zero-order valence-electron chi connectivity index (χ0n) is 12.2. The van der Waals surface area contributed by atoms with E-state index in [1.165, 1.54) is 6.08 Å². The third kappa shape index (κ3) is 5.19. The Morgan fingerprint density at radius 2 is 1.72 bits per heavy atom. The van der Waals surface area contributed by atoms with Crippen LogP contribution in [0.15, 0.2) is 12.2 Å². The number of carbonyl (C=O) groups excluding carboxylic acids is 1. The van der Waals surface area contributed by atoms with Crippen LogP contribution < -0.4 is 0 Å². The van der Waals surface area contributed by atoms with Gasteiger partial charge in [0.05, 0.1) is 13.2 Å². The number of rotatable bonds is 3. The van der Waals surface area contributed by atoms with Gasteiger partial charge in [0.15, 0.2) is 0 Å². The molecule has 0 unspecified atom stereocenters. The van der Waals surface area contributed by atoms with E-state index in [9.17, 15) is 4.79 Å². The summed E-state index contributed by atoms with van der Waals surface area (Å²) in [5, 5.41) is 0. The lowest BCUT2D eigenvalue weighted by atomic mass is 10.0. The van der Waals surface area contributed by atoms with Crippen LogP contribution in [-0.2, 0) is 14.3 Å². The smallest absolute Gasteiger partial charge is 0.331 e. The summed E-state index contributed by atoms with van der Waals surface area (Å²) in [6.45, 7) is 13.1. The van der Waals surface area contributed by atoms with Gasteiger partial charge in [-0.1, -0.05) is 6.08 Å². The Kier molecular flexibility index (Phi) is 4.93. The minimum Gasteiger partial charge on any atom is -0.457 e. The van der Waals surface area contributed by atoms with E-state index >= 15 is 0 Å². The molecule has 4 heteroatoms. The Balaban J connectivity index is 2.55. The normalized spacial score (nSPS) is 19.2. The average molecular weight is 255 g/mol. The second kappa shape index (κ2) is 5.85. The number of hydrogen-bond donors (Lipinski definition) is 0. The predicted molar refractivity (Wildman–Crippen MR) is 71.5 cm³/mol. The van der Waals surface area contributed by atoms with Crippen LogP contribution in [0.5, 0.6) is 0 Å². The lowest BCUT2D eigenvalue weighted by Crippen LogP contribution is -2.48. The van der Waals surface area contributed by atoms with Crippen molar-refractivity contribution in [2.45, 2.75) is 45.8 Å². The van der Waals surface area contributed by atoms with Crippen LogP contribution in [0.1, 0.15) is 34.6 Å². The third-order valence-corrected chi connectivity index (χ3v) is 2.86. The molecular weight excluding hydrogens is 230 g/mol. The van der Waals surface area contributed by atoms with Crippen molar-refractivity contribution in [2.24, 2.45) is 0 Å². The summed E-state index contributed by atoms with van der Waals surface area (Å²) in [5.41, 5.74) is -0.592. The van der Waals surface area contributed by atoms with E-state index in [0.29, 0.717) is 0 Å². The maximum atomic E-state index is 11.6. The standard InChI is InChI=1S/C14H25NO3/c1-13(2,3)18-12(16)6-7-14(4,5)15-8-10-17-11-9-15/h6-7H,8-11H2,1-5H3/b7-6+. The summed E-state index contributed by atoms with van der Waals surface area (Å²) in [5.74, 6) is -0.288. The lowest BCUT2D eigenvalue weighted by Gasteiger charge is -2.38. The van der Waals surface area contributed by atoms with Gasteiger partial charge in [-0.25, -0.2) is 4.79 Å². The first-order valence-electron chi connectivity index (χ1n) is 6.46. The molecule has 0 aromatic carbocycles. The number of nitrogens with zero attached hydrogens (tertiary/aromatic N) is 1. The second-order valence-corrected chi connectivity index (χ2v) is 6.12. The molecule has 1 fully saturated rings. The molecule has 0 aromatic heterocycles. The first kappa shape index (κ1) is 15.2. The number of carbonyl (C=O) groups is 1. The number of esters is 1. The van der Waals surface area contributed by atoms with E-state index < -0.39 is 5.60 Å². The van der Waals surface area contributed by atoms with Gasteiger partial charge in [0.1, 0.15) is 5.60 Å². The van der Waals surface area contributed by atoms with Crippen molar-refractivity contribution in [1.82, 2.24) is 4.90 Å². The lowest BCUT2D eigenvalue weighted by molar-refractivity contribution is -0.148. The fourth-order valence-corrected chi connectivity index (χ4v) is 1.85. The van der Waals surface area contributed by atoms with Gasteiger partial charge in [0, 0.05) is 24.7 Å². The zero-order valence-corrected chi connectivity index (χ0v) is 12.2. The summed E-state index contributed by atoms with van der Waals surface area (Å²) in [6.07, 6.45) is 3.44. The molecule has 1 aliphatic rings. The van der Waals surface area contributed by atoms with E-state index in [4.69, 9.17) is 9.47 Å². The van der Waals surface area contributed by atoms with E-state index in [1.807, 2.05) is 26.8 Å². The predicted octanol–water partition coefficient (Wildman–Crippen LogP) is 2.00. The molecule has 104 valence electrons. The highest BCUT2D eigenvalue weighted by molar-refractivity contribution is 5.82. The van der Waals surface area contributed by atoms with Crippen LogP contribution in [0.25, 0.3) is 0 Å². The summed E-state index contributed by atoms with van der Waals surface area (Å²) in [7, 11) is 0. The topological polar surface area (TPSA) is 38.8 Å². The van der Waals surface area contributed by atoms with Crippen molar-refractivity contribution in [3.63, 3.8) is 0 Å². The molecule has 0 aliphatic carbocycles. The quantitative estimate of drug-likeness (QED) is 0.571. The minimum absolute atomic E-state index is 0.152. The molecule has 1 saturated heterocycles. The molecule has 0 aromatic rings. The summed E-state index contributed by atoms with van der Waals surface area (Å²) in [6, 6.07) is 0. The highest BCUT2D eigenvalue weighted by atomic mass is 16.6. The molecular formula is C14H25NO3. The highest BCUT2D eigenvalue weighted by Crippen LogP contribution is 2.18. The largest absolute Gasteiger partial charge is 0.457 e. The van der Waals surface area contributed by atoms with Gasteiger partial charge in [-0.2, -0.15) is 0 Å². The first-order valence-corrected chi connectivity index (χ1v) is 6.46. The van der Waals surface area contributed by atoms with Gasteiger partial charge >= 0.3 is 5.97 Å². The Hall–Kier alpha value is -0.870. The molecule has 1 aliphatic heterocycles. The molecule has 1 rings (SSSR count). The maximum absolute atomic E-state index is 11.6. The van der Waals surface area contributed by atoms with Gasteiger partial charge in [0.25, 0.3) is 0 Å². The van der Waals surface area contributed by atoms with Crippen molar-refractivity contribution in [3.8, 4) is 0 Å². The van der Waals surface area contributed by atoms with E-state index in [1.54, 1.807) is 0 Å². The molecule has 0 spiro atoms. The molecule has 0 atom stereocenters. The van der Waals surface area contributed by atoms with Crippen LogP contribution in [0.2, 0.25) is 0 Å². The monoisotopic (exact) mass is 255 g/mol. The molecule has 0 N–H and O–H groups in total. The highest BCUT2D eigenvalue weighted by Gasteiger charge is 2.26. The molecule has 4 nitrogen and oxygen atoms in total. The van der Waals surface area contributed by atoms with Crippen molar-refractivity contribution < 1.29 is 14.3 Å². The van der Waals surface area contributed by atoms with Crippen molar-refractivity contribution >= 4 is 5.97 Å². The second-order valence-electron chi connectivity index (χ2n) is 6.12. The third-order valence-electron chi connectivity index (χ3n) is 2.86. The number of morpholine rings is 1. The SMILES string of the molecule is CC(C)(C)OC(=O)/C=C/C(C)(C)N1CCOCC1. The van der Waals surface area contributed by atoms with Crippen LogP contribution in [0, 0.1) is 0 Å². The fourth-order valence-electron chi connectivity index (χ4n) is 1.85. The van der Waals surface area contributed by atoms with Crippen molar-refractivity contribution in [1.29, 1.82) is 0 Å². The van der Waals surface area contributed by atoms with Crippen LogP contribution in [0.3, 0.4) is 0 Å². The van der Waals surface area contributed by atoms with Gasteiger partial charge in [-0.05, 0) is 34.6 Å². The van der Waals surface area contributed by atoms with Gasteiger partial charge in [-0.3, -0.25) is 4.90 Å². The Morgan fingerprint density at radius 3 is 2.22 bits per heavy atom. The van der Waals surface area contributed by atoms with E-state index in [2.05, 4.69) is 18.7 Å². The number of hydrogen-bond acceptors (Lipinski definition) is 4.